The van der Waals surface area contributed by atoms with Gasteiger partial charge in [-0.2, -0.15) is 0 Å². The molecule has 0 aromatic carbocycles. The Morgan fingerprint density at radius 1 is 0.759 bits per heavy atom. The molecule has 0 saturated carbocycles. The van der Waals surface area contributed by atoms with E-state index in [0.717, 1.165) is 57.4 Å². The molecule has 0 atom stereocenters. The summed E-state index contributed by atoms with van der Waals surface area (Å²) in [7, 11) is 0. The molecule has 0 aliphatic rings. The maximum absolute atomic E-state index is 11.9. The van der Waals surface area contributed by atoms with Crippen molar-refractivity contribution in [3.8, 4) is 0 Å². The molecule has 172 valence electrons. The zero-order valence-electron chi connectivity index (χ0n) is 19.5. The van der Waals surface area contributed by atoms with Gasteiger partial charge in [0.2, 0.25) is 6.41 Å². The molecule has 0 saturated heterocycles. The Labute approximate surface area is 180 Å². The van der Waals surface area contributed by atoms with Crippen molar-refractivity contribution >= 4 is 12.4 Å². The highest BCUT2D eigenvalue weighted by Crippen LogP contribution is 2.23. The minimum atomic E-state index is -0.0323. The lowest BCUT2D eigenvalue weighted by Crippen LogP contribution is -2.11. The molecule has 0 rings (SSSR count). The lowest BCUT2D eigenvalue weighted by molar-refractivity contribution is -0.144. The van der Waals surface area contributed by atoms with Crippen LogP contribution in [0.1, 0.15) is 129 Å². The predicted molar refractivity (Wildman–Crippen MR) is 123 cm³/mol. The highest BCUT2D eigenvalue weighted by atomic mass is 16.5. The number of hydrogen-bond donors (Lipinski definition) is 1. The Bertz CT molecular complexity index is 348. The average molecular weight is 412 g/mol. The van der Waals surface area contributed by atoms with E-state index >= 15 is 0 Å². The van der Waals surface area contributed by atoms with E-state index < -0.39 is 0 Å². The van der Waals surface area contributed by atoms with E-state index in [0.29, 0.717) is 13.0 Å². The predicted octanol–water partition coefficient (Wildman–Crippen LogP) is 6.95. The van der Waals surface area contributed by atoms with Gasteiger partial charge in [0, 0.05) is 13.0 Å². The molecule has 0 spiro atoms. The van der Waals surface area contributed by atoms with Gasteiger partial charge in [0.1, 0.15) is 0 Å². The summed E-state index contributed by atoms with van der Waals surface area (Å²) >= 11 is 0. The molecule has 0 aliphatic carbocycles. The monoisotopic (exact) mass is 411 g/mol. The number of ether oxygens (including phenoxy) is 1. The summed E-state index contributed by atoms with van der Waals surface area (Å²) in [6.45, 7) is 5.88. The molecule has 0 bridgehead atoms. The second-order valence-electron chi connectivity index (χ2n) is 8.52. The van der Waals surface area contributed by atoms with Gasteiger partial charge in [-0.3, -0.25) is 9.59 Å². The fraction of sp³-hybridized carbons (Fsp3) is 0.920. The van der Waals surface area contributed by atoms with Gasteiger partial charge in [-0.1, -0.05) is 97.3 Å². The molecule has 0 unspecified atom stereocenters. The molecule has 29 heavy (non-hydrogen) atoms. The summed E-state index contributed by atoms with van der Waals surface area (Å²) in [6, 6.07) is 0. The van der Waals surface area contributed by atoms with Gasteiger partial charge < -0.3 is 10.1 Å². The van der Waals surface area contributed by atoms with Crippen molar-refractivity contribution in [3.63, 3.8) is 0 Å². The molecule has 4 heteroatoms. The number of esters is 1. The Morgan fingerprint density at radius 3 is 1.93 bits per heavy atom. The van der Waals surface area contributed by atoms with Crippen LogP contribution in [0.5, 0.6) is 0 Å². The van der Waals surface area contributed by atoms with Gasteiger partial charge in [0.15, 0.2) is 0 Å². The average Bonchev–Trinajstić information content (AvgIpc) is 2.73. The number of amides is 1. The molecule has 4 nitrogen and oxygen atoms in total. The summed E-state index contributed by atoms with van der Waals surface area (Å²) in [4.78, 5) is 22.0. The summed E-state index contributed by atoms with van der Waals surface area (Å²) in [6.07, 6.45) is 22.2. The third kappa shape index (κ3) is 21.5. The Hall–Kier alpha value is -1.06. The number of rotatable bonds is 23. The van der Waals surface area contributed by atoms with E-state index in [4.69, 9.17) is 4.74 Å². The van der Waals surface area contributed by atoms with Crippen LogP contribution in [0.4, 0.5) is 0 Å². The molecule has 0 aromatic rings. The maximum atomic E-state index is 11.9. The first-order valence-corrected chi connectivity index (χ1v) is 12.6. The molecule has 1 N–H and O–H groups in total. The van der Waals surface area contributed by atoms with Crippen LogP contribution in [0.25, 0.3) is 0 Å². The van der Waals surface area contributed by atoms with E-state index in [1.165, 1.54) is 70.6 Å². The lowest BCUT2D eigenvalue weighted by atomic mass is 9.91. The van der Waals surface area contributed by atoms with Crippen molar-refractivity contribution in [3.05, 3.63) is 0 Å². The molecule has 0 aromatic heterocycles. The first kappa shape index (κ1) is 27.9. The molecule has 0 fully saturated rings. The van der Waals surface area contributed by atoms with Crippen LogP contribution in [0.3, 0.4) is 0 Å². The standard InChI is InChI=1S/C25H49NO3/c1-3-5-7-12-17-24(18-13-8-6-4-2)19-16-22-29-25(28)20-14-10-9-11-15-21-26-23-27/h23-24H,3-22H2,1-2H3,(H,26,27). The molecular weight excluding hydrogens is 362 g/mol. The van der Waals surface area contributed by atoms with E-state index in [-0.39, 0.29) is 5.97 Å². The number of nitrogens with one attached hydrogen (secondary N) is 1. The fourth-order valence-electron chi connectivity index (χ4n) is 3.87. The number of carbonyl (C=O) groups excluding carboxylic acids is 2. The van der Waals surface area contributed by atoms with E-state index in [1.54, 1.807) is 0 Å². The first-order valence-electron chi connectivity index (χ1n) is 12.6. The van der Waals surface area contributed by atoms with Crippen LogP contribution in [0, 0.1) is 5.92 Å². The third-order valence-electron chi connectivity index (χ3n) is 5.74. The summed E-state index contributed by atoms with van der Waals surface area (Å²) in [5.74, 6) is 0.784. The van der Waals surface area contributed by atoms with Gasteiger partial charge >= 0.3 is 5.97 Å². The van der Waals surface area contributed by atoms with Crippen LogP contribution < -0.4 is 5.32 Å². The second-order valence-corrected chi connectivity index (χ2v) is 8.52. The van der Waals surface area contributed by atoms with Crippen molar-refractivity contribution < 1.29 is 14.3 Å². The molecule has 0 aliphatic heterocycles. The Morgan fingerprint density at radius 2 is 1.31 bits per heavy atom. The molecule has 1 amide bonds. The van der Waals surface area contributed by atoms with Crippen LogP contribution in [0.2, 0.25) is 0 Å². The Kier molecular flexibility index (Phi) is 22.4. The number of unbranched alkanes of at least 4 members (excludes halogenated alkanes) is 10. The topological polar surface area (TPSA) is 55.4 Å². The van der Waals surface area contributed by atoms with Gasteiger partial charge in [0.25, 0.3) is 0 Å². The smallest absolute Gasteiger partial charge is 0.305 e. The largest absolute Gasteiger partial charge is 0.466 e. The number of carbonyl (C=O) groups is 2. The maximum Gasteiger partial charge on any atom is 0.305 e. The van der Waals surface area contributed by atoms with Crippen LogP contribution in [-0.2, 0) is 14.3 Å². The zero-order chi connectivity index (χ0) is 21.4. The SMILES string of the molecule is CCCCCCC(CCCCCC)CCCOC(=O)CCCCCCCNC=O. The van der Waals surface area contributed by atoms with Crippen LogP contribution in [-0.4, -0.2) is 25.5 Å². The minimum absolute atomic E-state index is 0.0323. The number of hydrogen-bond acceptors (Lipinski definition) is 3. The van der Waals surface area contributed by atoms with Gasteiger partial charge in [0.05, 0.1) is 6.61 Å². The molecule has 0 radical (unpaired) electrons. The van der Waals surface area contributed by atoms with Gasteiger partial charge in [-0.05, 0) is 31.6 Å². The molecule has 0 heterocycles. The summed E-state index contributed by atoms with van der Waals surface area (Å²) in [5.41, 5.74) is 0. The Balaban J connectivity index is 3.72. The van der Waals surface area contributed by atoms with Crippen molar-refractivity contribution in [2.45, 2.75) is 129 Å². The lowest BCUT2D eigenvalue weighted by Gasteiger charge is -2.17. The van der Waals surface area contributed by atoms with E-state index in [1.807, 2.05) is 0 Å². The molecular formula is C25H49NO3. The first-order chi connectivity index (χ1) is 14.2. The van der Waals surface area contributed by atoms with Crippen molar-refractivity contribution in [2.24, 2.45) is 5.92 Å². The van der Waals surface area contributed by atoms with Gasteiger partial charge in [-0.15, -0.1) is 0 Å². The van der Waals surface area contributed by atoms with Gasteiger partial charge in [-0.25, -0.2) is 0 Å². The third-order valence-corrected chi connectivity index (χ3v) is 5.74. The fourth-order valence-corrected chi connectivity index (χ4v) is 3.87. The van der Waals surface area contributed by atoms with Crippen molar-refractivity contribution in [1.82, 2.24) is 5.32 Å². The minimum Gasteiger partial charge on any atom is -0.466 e. The normalized spacial score (nSPS) is 11.0. The van der Waals surface area contributed by atoms with Crippen LogP contribution >= 0.6 is 0 Å². The highest BCUT2D eigenvalue weighted by molar-refractivity contribution is 5.69. The second kappa shape index (κ2) is 23.2. The van der Waals surface area contributed by atoms with E-state index in [9.17, 15) is 9.59 Å². The van der Waals surface area contributed by atoms with Crippen molar-refractivity contribution in [2.75, 3.05) is 13.2 Å². The quantitative estimate of drug-likeness (QED) is 0.112. The van der Waals surface area contributed by atoms with Crippen LogP contribution in [0.15, 0.2) is 0 Å². The van der Waals surface area contributed by atoms with E-state index in [2.05, 4.69) is 19.2 Å². The summed E-state index contributed by atoms with van der Waals surface area (Å²) < 4.78 is 5.45. The summed E-state index contributed by atoms with van der Waals surface area (Å²) in [5, 5.41) is 2.67. The van der Waals surface area contributed by atoms with Crippen molar-refractivity contribution in [1.29, 1.82) is 0 Å². The highest BCUT2D eigenvalue weighted by Gasteiger charge is 2.10. The zero-order valence-corrected chi connectivity index (χ0v) is 19.5.